The minimum atomic E-state index is 0.316. The lowest BCUT2D eigenvalue weighted by molar-refractivity contribution is -0.161. The predicted octanol–water partition coefficient (Wildman–Crippen LogP) is 3.74. The maximum Gasteiger partial charge on any atom is 0.0754 e. The van der Waals surface area contributed by atoms with Crippen molar-refractivity contribution in [3.63, 3.8) is 0 Å². The van der Waals surface area contributed by atoms with Crippen molar-refractivity contribution in [2.24, 2.45) is 53.3 Å². The summed E-state index contributed by atoms with van der Waals surface area (Å²) in [4.78, 5) is 0. The van der Waals surface area contributed by atoms with Crippen LogP contribution in [0.15, 0.2) is 30.3 Å². The number of hydrogen-bond donors (Lipinski definition) is 0. The van der Waals surface area contributed by atoms with Gasteiger partial charge in [-0.15, -0.1) is 0 Å². The van der Waals surface area contributed by atoms with Gasteiger partial charge in [-0.1, -0.05) is 30.3 Å². The van der Waals surface area contributed by atoms with Crippen molar-refractivity contribution in [3.05, 3.63) is 35.9 Å². The molecule has 0 radical (unpaired) electrons. The third-order valence-electron chi connectivity index (χ3n) is 8.97. The van der Waals surface area contributed by atoms with E-state index >= 15 is 0 Å². The minimum Gasteiger partial charge on any atom is -0.370 e. The van der Waals surface area contributed by atoms with E-state index in [9.17, 15) is 0 Å². The summed E-state index contributed by atoms with van der Waals surface area (Å²) in [5, 5.41) is 0. The van der Waals surface area contributed by atoms with Gasteiger partial charge in [-0.05, 0) is 78.1 Å². The molecule has 108 valence electrons. The lowest BCUT2D eigenvalue weighted by atomic mass is 9.45. The van der Waals surface area contributed by atoms with E-state index in [4.69, 9.17) is 4.74 Å². The predicted molar refractivity (Wildman–Crippen MR) is 79.2 cm³/mol. The average molecular weight is 278 g/mol. The normalized spacial score (nSPS) is 62.8. The van der Waals surface area contributed by atoms with E-state index in [1.54, 1.807) is 6.42 Å². The van der Waals surface area contributed by atoms with Gasteiger partial charge in [-0.2, -0.15) is 0 Å². The summed E-state index contributed by atoms with van der Waals surface area (Å²) in [7, 11) is 0. The minimum absolute atomic E-state index is 0.316. The number of ether oxygens (including phenoxy) is 1. The summed E-state index contributed by atoms with van der Waals surface area (Å²) in [6, 6.07) is 10.9. The van der Waals surface area contributed by atoms with Gasteiger partial charge >= 0.3 is 0 Å². The molecule has 21 heavy (non-hydrogen) atoms. The van der Waals surface area contributed by atoms with Crippen molar-refractivity contribution < 1.29 is 4.74 Å². The summed E-state index contributed by atoms with van der Waals surface area (Å²) >= 11 is 0. The van der Waals surface area contributed by atoms with Gasteiger partial charge in [0.15, 0.2) is 0 Å². The zero-order valence-corrected chi connectivity index (χ0v) is 12.3. The second-order valence-corrected chi connectivity index (χ2v) is 8.92. The SMILES string of the molecule is c1ccc(CO[C@]23C[C@@H]4[C@@H]5[C@H]6C[C@@H]7[C@@H](C[C@@H]2[C@@H]4[C@H]75)[C@@H]63)cc1. The summed E-state index contributed by atoms with van der Waals surface area (Å²) in [5.41, 5.74) is 1.68. The molecule has 5 aliphatic carbocycles. The highest BCUT2D eigenvalue weighted by Crippen LogP contribution is 2.88. The highest BCUT2D eigenvalue weighted by atomic mass is 16.5. The summed E-state index contributed by atoms with van der Waals surface area (Å²) in [5.74, 6) is 9.64. The molecule has 5 fully saturated rings. The molecular weight excluding hydrogens is 256 g/mol. The van der Waals surface area contributed by atoms with E-state index in [2.05, 4.69) is 30.3 Å². The molecule has 6 rings (SSSR count). The molecule has 0 saturated heterocycles. The zero-order valence-electron chi connectivity index (χ0n) is 12.3. The molecule has 0 spiro atoms. The van der Waals surface area contributed by atoms with Crippen LogP contribution in [0.1, 0.15) is 24.8 Å². The Morgan fingerprint density at radius 2 is 1.81 bits per heavy atom. The third kappa shape index (κ3) is 0.926. The Balaban J connectivity index is 1.30. The number of hydrogen-bond acceptors (Lipinski definition) is 1. The van der Waals surface area contributed by atoms with Crippen molar-refractivity contribution in [1.29, 1.82) is 0 Å². The van der Waals surface area contributed by atoms with Gasteiger partial charge in [-0.3, -0.25) is 0 Å². The molecule has 0 aliphatic heterocycles. The zero-order chi connectivity index (χ0) is 13.3. The molecule has 2 bridgehead atoms. The molecule has 5 aliphatic rings. The first kappa shape index (κ1) is 10.8. The Hall–Kier alpha value is -0.820. The van der Waals surface area contributed by atoms with Crippen molar-refractivity contribution in [2.75, 3.05) is 0 Å². The third-order valence-corrected chi connectivity index (χ3v) is 8.97. The van der Waals surface area contributed by atoms with Crippen LogP contribution in [0.2, 0.25) is 0 Å². The molecule has 0 heterocycles. The van der Waals surface area contributed by atoms with Crippen LogP contribution in [0.4, 0.5) is 0 Å². The fourth-order valence-electron chi connectivity index (χ4n) is 8.99. The standard InChI is InChI=1S/C20H22O/c1-2-4-10(5-3-1)9-21-20-8-14-16-13-6-11-12(19(13)20)7-15(20)17(14)18(11)16/h1-5,11-19H,6-9H2/t11-,12-,13-,14-,15-,16+,17-,18-,19+,20-/m1/s1. The Labute approximate surface area is 126 Å². The van der Waals surface area contributed by atoms with Gasteiger partial charge in [0.2, 0.25) is 0 Å². The van der Waals surface area contributed by atoms with Gasteiger partial charge in [0.25, 0.3) is 0 Å². The molecule has 0 N–H and O–H groups in total. The van der Waals surface area contributed by atoms with Crippen LogP contribution < -0.4 is 0 Å². The second-order valence-electron chi connectivity index (χ2n) is 8.92. The summed E-state index contributed by atoms with van der Waals surface area (Å²) < 4.78 is 6.83. The number of fused-ring (bicyclic) bond motifs is 14. The highest BCUT2D eigenvalue weighted by Gasteiger charge is 2.86. The van der Waals surface area contributed by atoms with Crippen LogP contribution in [0.5, 0.6) is 0 Å². The van der Waals surface area contributed by atoms with Crippen LogP contribution in [-0.4, -0.2) is 5.60 Å². The van der Waals surface area contributed by atoms with Gasteiger partial charge < -0.3 is 4.74 Å². The molecule has 10 atom stereocenters. The molecule has 1 nitrogen and oxygen atoms in total. The highest BCUT2D eigenvalue weighted by molar-refractivity contribution is 5.34. The van der Waals surface area contributed by atoms with E-state index in [-0.39, 0.29) is 0 Å². The average Bonchev–Trinajstić information content (AvgIpc) is 3.15. The molecule has 0 amide bonds. The van der Waals surface area contributed by atoms with E-state index in [1.807, 2.05) is 0 Å². The molecule has 1 aromatic carbocycles. The van der Waals surface area contributed by atoms with Crippen molar-refractivity contribution in [2.45, 2.75) is 31.5 Å². The van der Waals surface area contributed by atoms with Crippen LogP contribution in [0.25, 0.3) is 0 Å². The van der Waals surface area contributed by atoms with Crippen LogP contribution >= 0.6 is 0 Å². The summed E-state index contributed by atoms with van der Waals surface area (Å²) in [6.07, 6.45) is 4.55. The van der Waals surface area contributed by atoms with Gasteiger partial charge in [0.05, 0.1) is 12.2 Å². The second kappa shape index (κ2) is 3.11. The quantitative estimate of drug-likeness (QED) is 0.765. The molecular formula is C20H22O. The van der Waals surface area contributed by atoms with Crippen LogP contribution in [0.3, 0.4) is 0 Å². The van der Waals surface area contributed by atoms with Crippen LogP contribution in [-0.2, 0) is 11.3 Å². The Bertz CT molecular complexity index is 636. The largest absolute Gasteiger partial charge is 0.370 e. The Morgan fingerprint density at radius 3 is 2.71 bits per heavy atom. The molecule has 5 saturated carbocycles. The maximum atomic E-state index is 6.83. The first-order valence-electron chi connectivity index (χ1n) is 9.06. The van der Waals surface area contributed by atoms with E-state index in [1.165, 1.54) is 18.4 Å². The monoisotopic (exact) mass is 278 g/mol. The lowest BCUT2D eigenvalue weighted by Crippen LogP contribution is -2.56. The lowest BCUT2D eigenvalue weighted by Gasteiger charge is -2.59. The van der Waals surface area contributed by atoms with Crippen molar-refractivity contribution >= 4 is 0 Å². The first-order chi connectivity index (χ1) is 10.4. The van der Waals surface area contributed by atoms with Gasteiger partial charge in [0.1, 0.15) is 0 Å². The fraction of sp³-hybridized carbons (Fsp3) is 0.700. The Morgan fingerprint density at radius 1 is 0.905 bits per heavy atom. The Kier molecular flexibility index (Phi) is 1.60. The van der Waals surface area contributed by atoms with Crippen LogP contribution in [0, 0.1) is 53.3 Å². The molecule has 1 aromatic rings. The molecule has 0 unspecified atom stereocenters. The van der Waals surface area contributed by atoms with Crippen molar-refractivity contribution in [1.82, 2.24) is 0 Å². The summed E-state index contributed by atoms with van der Waals surface area (Å²) in [6.45, 7) is 0.854. The molecule has 0 aromatic heterocycles. The molecule has 1 heteroatoms. The maximum absolute atomic E-state index is 6.83. The topological polar surface area (TPSA) is 9.23 Å². The van der Waals surface area contributed by atoms with Gasteiger partial charge in [0, 0.05) is 0 Å². The van der Waals surface area contributed by atoms with E-state index < -0.39 is 0 Å². The smallest absolute Gasteiger partial charge is 0.0754 e. The number of rotatable bonds is 3. The van der Waals surface area contributed by atoms with Gasteiger partial charge in [-0.25, -0.2) is 0 Å². The van der Waals surface area contributed by atoms with E-state index in [0.717, 1.165) is 59.9 Å². The van der Waals surface area contributed by atoms with Crippen molar-refractivity contribution in [3.8, 4) is 0 Å². The number of benzene rings is 1. The first-order valence-corrected chi connectivity index (χ1v) is 9.06. The van der Waals surface area contributed by atoms with E-state index in [0.29, 0.717) is 5.60 Å². The fourth-order valence-corrected chi connectivity index (χ4v) is 8.99.